The molecule has 0 saturated carbocycles. The average molecular weight is 436 g/mol. The Morgan fingerprint density at radius 1 is 1.14 bits per heavy atom. The molecule has 0 aliphatic heterocycles. The first-order valence-electron chi connectivity index (χ1n) is 8.73. The minimum absolute atomic E-state index is 0.0672. The van der Waals surface area contributed by atoms with Gasteiger partial charge < -0.3 is 9.88 Å². The molecule has 0 aliphatic rings. The summed E-state index contributed by atoms with van der Waals surface area (Å²) in [6.07, 6.45) is 4.84. The van der Waals surface area contributed by atoms with Crippen molar-refractivity contribution in [2.24, 2.45) is 0 Å². The Kier molecular flexibility index (Phi) is 7.71. The van der Waals surface area contributed by atoms with Gasteiger partial charge in [-0.1, -0.05) is 53.2 Å². The van der Waals surface area contributed by atoms with Crippen LogP contribution in [0.25, 0.3) is 0 Å². The van der Waals surface area contributed by atoms with Crippen LogP contribution in [0.1, 0.15) is 11.3 Å². The van der Waals surface area contributed by atoms with E-state index in [-0.39, 0.29) is 11.7 Å². The van der Waals surface area contributed by atoms with Crippen molar-refractivity contribution in [1.29, 1.82) is 0 Å². The summed E-state index contributed by atoms with van der Waals surface area (Å²) in [6.45, 7) is 1.20. The van der Waals surface area contributed by atoms with Crippen molar-refractivity contribution in [3.05, 3.63) is 70.2 Å². The first kappa shape index (κ1) is 20.6. The molecule has 0 atom stereocenters. The highest BCUT2D eigenvalue weighted by atomic mass is 35.5. The van der Waals surface area contributed by atoms with Crippen molar-refractivity contribution in [3.63, 3.8) is 0 Å². The molecular formula is C19H19Cl2N5OS. The van der Waals surface area contributed by atoms with Crippen molar-refractivity contribution < 1.29 is 4.79 Å². The molecule has 0 aliphatic carbocycles. The normalized spacial score (nSPS) is 10.8. The molecule has 28 heavy (non-hydrogen) atoms. The number of hydrogen-bond acceptors (Lipinski definition) is 5. The molecule has 0 bridgehead atoms. The van der Waals surface area contributed by atoms with E-state index in [2.05, 4.69) is 20.5 Å². The number of aryl methyl sites for hydroxylation is 2. The lowest BCUT2D eigenvalue weighted by molar-refractivity contribution is -0.118. The summed E-state index contributed by atoms with van der Waals surface area (Å²) >= 11 is 13.5. The SMILES string of the molecule is O=C(CSc1nncn1CCc1ccccn1)NCCc1cccc(Cl)c1Cl. The highest BCUT2D eigenvalue weighted by Gasteiger charge is 2.10. The maximum absolute atomic E-state index is 12.1. The van der Waals surface area contributed by atoms with Gasteiger partial charge in [0.1, 0.15) is 6.33 Å². The van der Waals surface area contributed by atoms with Gasteiger partial charge in [-0.2, -0.15) is 0 Å². The van der Waals surface area contributed by atoms with Gasteiger partial charge in [0.25, 0.3) is 0 Å². The highest BCUT2D eigenvalue weighted by molar-refractivity contribution is 7.99. The van der Waals surface area contributed by atoms with Crippen LogP contribution in [0.4, 0.5) is 0 Å². The number of pyridine rings is 1. The molecule has 1 aromatic carbocycles. The second-order valence-electron chi connectivity index (χ2n) is 5.98. The zero-order chi connectivity index (χ0) is 19.8. The van der Waals surface area contributed by atoms with Crippen molar-refractivity contribution >= 4 is 40.9 Å². The molecule has 0 fully saturated rings. The van der Waals surface area contributed by atoms with Gasteiger partial charge in [0.15, 0.2) is 5.16 Å². The Hall–Kier alpha value is -2.09. The Labute approximate surface area is 177 Å². The fourth-order valence-corrected chi connectivity index (χ4v) is 3.74. The number of thioether (sulfide) groups is 1. The molecule has 2 aromatic heterocycles. The highest BCUT2D eigenvalue weighted by Crippen LogP contribution is 2.25. The third-order valence-corrected chi connectivity index (χ3v) is 5.83. The third kappa shape index (κ3) is 5.95. The first-order chi connectivity index (χ1) is 13.6. The Morgan fingerprint density at radius 2 is 2.04 bits per heavy atom. The van der Waals surface area contributed by atoms with Crippen LogP contribution in [0.5, 0.6) is 0 Å². The van der Waals surface area contributed by atoms with Crippen LogP contribution >= 0.6 is 35.0 Å². The zero-order valence-corrected chi connectivity index (χ0v) is 17.3. The van der Waals surface area contributed by atoms with Crippen LogP contribution in [0.2, 0.25) is 10.0 Å². The number of carbonyl (C=O) groups excluding carboxylic acids is 1. The van der Waals surface area contributed by atoms with Gasteiger partial charge in [-0.25, -0.2) is 0 Å². The van der Waals surface area contributed by atoms with Gasteiger partial charge in [0.05, 0.1) is 15.8 Å². The lowest BCUT2D eigenvalue weighted by atomic mass is 10.1. The molecule has 0 spiro atoms. The van der Waals surface area contributed by atoms with E-state index in [4.69, 9.17) is 23.2 Å². The molecule has 0 unspecified atom stereocenters. The van der Waals surface area contributed by atoms with Crippen LogP contribution < -0.4 is 5.32 Å². The predicted octanol–water partition coefficient (Wildman–Crippen LogP) is 3.67. The summed E-state index contributed by atoms with van der Waals surface area (Å²) in [7, 11) is 0. The van der Waals surface area contributed by atoms with Crippen molar-refractivity contribution in [1.82, 2.24) is 25.1 Å². The lowest BCUT2D eigenvalue weighted by Gasteiger charge is -2.08. The summed E-state index contributed by atoms with van der Waals surface area (Å²) in [5.74, 6) is 0.202. The van der Waals surface area contributed by atoms with E-state index in [1.165, 1.54) is 11.8 Å². The predicted molar refractivity (Wildman–Crippen MR) is 112 cm³/mol. The molecule has 6 nitrogen and oxygen atoms in total. The van der Waals surface area contributed by atoms with Gasteiger partial charge in [0, 0.05) is 31.4 Å². The Bertz CT molecular complexity index is 920. The molecular weight excluding hydrogens is 417 g/mol. The van der Waals surface area contributed by atoms with Crippen LogP contribution in [0.15, 0.2) is 54.1 Å². The fraction of sp³-hybridized carbons (Fsp3) is 0.263. The quantitative estimate of drug-likeness (QED) is 0.519. The van der Waals surface area contributed by atoms with Gasteiger partial charge in [-0.15, -0.1) is 10.2 Å². The fourth-order valence-electron chi connectivity index (χ4n) is 2.55. The first-order valence-corrected chi connectivity index (χ1v) is 10.5. The van der Waals surface area contributed by atoms with Gasteiger partial charge in [-0.05, 0) is 30.2 Å². The molecule has 3 rings (SSSR count). The van der Waals surface area contributed by atoms with Crippen molar-refractivity contribution in [2.75, 3.05) is 12.3 Å². The number of halogens is 2. The van der Waals surface area contributed by atoms with Gasteiger partial charge >= 0.3 is 0 Å². The molecule has 0 saturated heterocycles. The van der Waals surface area contributed by atoms with Crippen molar-refractivity contribution in [3.8, 4) is 0 Å². The van der Waals surface area contributed by atoms with Crippen LogP contribution in [-0.4, -0.2) is 38.0 Å². The van der Waals surface area contributed by atoms with Crippen LogP contribution in [-0.2, 0) is 24.2 Å². The average Bonchev–Trinajstić information content (AvgIpc) is 3.16. The Morgan fingerprint density at radius 3 is 2.86 bits per heavy atom. The van der Waals surface area contributed by atoms with E-state index < -0.39 is 0 Å². The van der Waals surface area contributed by atoms with Crippen molar-refractivity contribution in [2.45, 2.75) is 24.5 Å². The monoisotopic (exact) mass is 435 g/mol. The van der Waals surface area contributed by atoms with E-state index in [1.807, 2.05) is 34.9 Å². The largest absolute Gasteiger partial charge is 0.355 e. The maximum atomic E-state index is 12.1. The van der Waals surface area contributed by atoms with E-state index in [0.29, 0.717) is 34.7 Å². The number of hydrogen-bond donors (Lipinski definition) is 1. The summed E-state index contributed by atoms with van der Waals surface area (Å²) < 4.78 is 1.93. The molecule has 0 radical (unpaired) electrons. The number of rotatable bonds is 9. The summed E-state index contributed by atoms with van der Waals surface area (Å²) in [4.78, 5) is 16.4. The standard InChI is InChI=1S/C19H19Cl2N5OS/c20-16-6-3-4-14(18(16)21)7-10-23-17(27)12-28-19-25-24-13-26(19)11-8-15-5-1-2-9-22-15/h1-6,9,13H,7-8,10-12H2,(H,23,27). The minimum atomic E-state index is -0.0672. The number of benzene rings is 1. The number of nitrogens with one attached hydrogen (secondary N) is 1. The minimum Gasteiger partial charge on any atom is -0.355 e. The van der Waals surface area contributed by atoms with E-state index in [9.17, 15) is 4.79 Å². The van der Waals surface area contributed by atoms with Crippen LogP contribution in [0, 0.1) is 0 Å². The summed E-state index contributed by atoms with van der Waals surface area (Å²) in [5, 5.41) is 12.7. The Balaban J connectivity index is 1.42. The number of amides is 1. The molecule has 9 heteroatoms. The number of carbonyl (C=O) groups is 1. The van der Waals surface area contributed by atoms with Gasteiger partial charge in [0.2, 0.25) is 5.91 Å². The summed E-state index contributed by atoms with van der Waals surface area (Å²) in [5.41, 5.74) is 1.92. The molecule has 146 valence electrons. The lowest BCUT2D eigenvalue weighted by Crippen LogP contribution is -2.27. The third-order valence-electron chi connectivity index (χ3n) is 4.00. The zero-order valence-electron chi connectivity index (χ0n) is 15.0. The molecule has 3 aromatic rings. The maximum Gasteiger partial charge on any atom is 0.230 e. The smallest absolute Gasteiger partial charge is 0.230 e. The van der Waals surface area contributed by atoms with E-state index >= 15 is 0 Å². The van der Waals surface area contributed by atoms with Crippen LogP contribution in [0.3, 0.4) is 0 Å². The second kappa shape index (κ2) is 10.5. The van der Waals surface area contributed by atoms with Gasteiger partial charge in [-0.3, -0.25) is 9.78 Å². The number of nitrogens with zero attached hydrogens (tertiary/aromatic N) is 4. The second-order valence-corrected chi connectivity index (χ2v) is 7.71. The molecule has 1 amide bonds. The number of aromatic nitrogens is 4. The molecule has 2 heterocycles. The topological polar surface area (TPSA) is 72.7 Å². The molecule has 1 N–H and O–H groups in total. The van der Waals surface area contributed by atoms with E-state index in [0.717, 1.165) is 17.7 Å². The summed E-state index contributed by atoms with van der Waals surface area (Å²) in [6, 6.07) is 11.3. The van der Waals surface area contributed by atoms with E-state index in [1.54, 1.807) is 18.6 Å².